The van der Waals surface area contributed by atoms with Gasteiger partial charge in [-0.05, 0) is 18.7 Å². The maximum absolute atomic E-state index is 12.4. The average Bonchev–Trinajstić information content (AvgIpc) is 3.18. The number of aliphatic carboxylic acids is 1. The van der Waals surface area contributed by atoms with Crippen LogP contribution in [0.1, 0.15) is 13.8 Å². The summed E-state index contributed by atoms with van der Waals surface area (Å²) in [7, 11) is 0. The molecule has 8 heteroatoms. The van der Waals surface area contributed by atoms with Gasteiger partial charge in [-0.1, -0.05) is 37.3 Å². The van der Waals surface area contributed by atoms with E-state index in [1.54, 1.807) is 6.92 Å². The van der Waals surface area contributed by atoms with Crippen LogP contribution >= 0.6 is 11.8 Å². The van der Waals surface area contributed by atoms with Crippen molar-refractivity contribution in [2.45, 2.75) is 31.2 Å². The van der Waals surface area contributed by atoms with Crippen molar-refractivity contribution in [1.82, 2.24) is 9.88 Å². The molecule has 4 unspecified atom stereocenters. The first-order valence-electron chi connectivity index (χ1n) is 8.57. The van der Waals surface area contributed by atoms with E-state index in [0.29, 0.717) is 15.8 Å². The van der Waals surface area contributed by atoms with E-state index in [2.05, 4.69) is 4.98 Å². The van der Waals surface area contributed by atoms with E-state index < -0.39 is 18.0 Å². The van der Waals surface area contributed by atoms with E-state index in [1.165, 1.54) is 11.2 Å². The molecule has 3 heterocycles. The largest absolute Gasteiger partial charge is 0.477 e. The summed E-state index contributed by atoms with van der Waals surface area (Å²) in [5, 5.41) is 19.9. The molecule has 2 aliphatic rings. The number of carbonyl (C=O) groups excluding carboxylic acids is 1. The van der Waals surface area contributed by atoms with Crippen LogP contribution in [-0.4, -0.2) is 44.1 Å². The molecule has 0 radical (unpaired) electrons. The number of thioether (sulfide) groups is 1. The molecule has 1 aromatic carbocycles. The Balaban J connectivity index is 1.64. The summed E-state index contributed by atoms with van der Waals surface area (Å²) in [6, 6.07) is 9.16. The normalized spacial score (nSPS) is 25.4. The Morgan fingerprint density at radius 3 is 2.67 bits per heavy atom. The molecule has 140 valence electrons. The van der Waals surface area contributed by atoms with Crippen molar-refractivity contribution in [3.05, 3.63) is 47.2 Å². The predicted molar refractivity (Wildman–Crippen MR) is 97.4 cm³/mol. The highest BCUT2D eigenvalue weighted by molar-refractivity contribution is 8.03. The zero-order valence-electron chi connectivity index (χ0n) is 14.7. The first kappa shape index (κ1) is 17.8. The number of aliphatic hydroxyl groups excluding tert-OH is 1. The highest BCUT2D eigenvalue weighted by Gasteiger charge is 2.60. The summed E-state index contributed by atoms with van der Waals surface area (Å²) in [4.78, 5) is 30.4. The third-order valence-electron chi connectivity index (χ3n) is 5.06. The number of aliphatic hydroxyl groups is 1. The fraction of sp³-hybridized carbons (Fsp3) is 0.316. The number of carboxylic acids is 1. The smallest absolute Gasteiger partial charge is 0.353 e. The highest BCUT2D eigenvalue weighted by atomic mass is 32.2. The van der Waals surface area contributed by atoms with Crippen LogP contribution in [0.3, 0.4) is 0 Å². The second-order valence-corrected chi connectivity index (χ2v) is 7.73. The molecule has 0 saturated carbocycles. The number of hydrogen-bond acceptors (Lipinski definition) is 6. The van der Waals surface area contributed by atoms with E-state index in [9.17, 15) is 19.8 Å². The zero-order valence-corrected chi connectivity index (χ0v) is 15.5. The van der Waals surface area contributed by atoms with Crippen LogP contribution in [0.4, 0.5) is 0 Å². The van der Waals surface area contributed by atoms with Crippen molar-refractivity contribution in [3.63, 3.8) is 0 Å². The maximum Gasteiger partial charge on any atom is 0.353 e. The molecular formula is C19H18N2O5S. The molecule has 2 aromatic rings. The minimum absolute atomic E-state index is 0.0427. The van der Waals surface area contributed by atoms with Gasteiger partial charge in [0.25, 0.3) is 5.22 Å². The van der Waals surface area contributed by atoms with Gasteiger partial charge in [0.15, 0.2) is 0 Å². The standard InChI is InChI=1S/C19H18N2O5S/c1-9-14-13(10(2)22)17(23)21(14)15(18(24)25)16(9)27-19-20-12(8-26-19)11-6-4-3-5-7-11/h3-10,13-14,22H,1-2H3,(H,24,25). The van der Waals surface area contributed by atoms with E-state index in [-0.39, 0.29) is 23.6 Å². The van der Waals surface area contributed by atoms with E-state index in [0.717, 1.165) is 17.3 Å². The van der Waals surface area contributed by atoms with Crippen LogP contribution in [0.15, 0.2) is 56.8 Å². The molecule has 7 nitrogen and oxygen atoms in total. The predicted octanol–water partition coefficient (Wildman–Crippen LogP) is 2.59. The Morgan fingerprint density at radius 1 is 1.33 bits per heavy atom. The van der Waals surface area contributed by atoms with Gasteiger partial charge >= 0.3 is 5.97 Å². The molecule has 4 rings (SSSR count). The van der Waals surface area contributed by atoms with Crippen LogP contribution in [0, 0.1) is 11.8 Å². The Labute approximate surface area is 159 Å². The van der Waals surface area contributed by atoms with Crippen molar-refractivity contribution in [2.24, 2.45) is 11.8 Å². The van der Waals surface area contributed by atoms with Gasteiger partial charge in [0, 0.05) is 16.4 Å². The summed E-state index contributed by atoms with van der Waals surface area (Å²) in [6.45, 7) is 3.41. The van der Waals surface area contributed by atoms with Gasteiger partial charge < -0.3 is 19.5 Å². The zero-order chi connectivity index (χ0) is 19.3. The number of benzene rings is 1. The Hall–Kier alpha value is -2.58. The number of hydrogen-bond donors (Lipinski definition) is 2. The lowest BCUT2D eigenvalue weighted by Gasteiger charge is -2.46. The molecule has 2 aliphatic heterocycles. The van der Waals surface area contributed by atoms with Gasteiger partial charge in [0.1, 0.15) is 17.7 Å². The average molecular weight is 386 g/mol. The lowest BCUT2D eigenvalue weighted by atomic mass is 9.79. The van der Waals surface area contributed by atoms with Crippen LogP contribution in [-0.2, 0) is 9.59 Å². The minimum atomic E-state index is -1.17. The van der Waals surface area contributed by atoms with Gasteiger partial charge in [0.05, 0.1) is 18.1 Å². The number of oxazole rings is 1. The van der Waals surface area contributed by atoms with Gasteiger partial charge in [-0.15, -0.1) is 0 Å². The lowest BCUT2D eigenvalue weighted by molar-refractivity contribution is -0.163. The molecular weight excluding hydrogens is 368 g/mol. The number of fused-ring (bicyclic) bond motifs is 1. The second-order valence-electron chi connectivity index (χ2n) is 6.74. The quantitative estimate of drug-likeness (QED) is 0.761. The van der Waals surface area contributed by atoms with E-state index in [1.807, 2.05) is 37.3 Å². The summed E-state index contributed by atoms with van der Waals surface area (Å²) in [6.07, 6.45) is 0.698. The Morgan fingerprint density at radius 2 is 2.04 bits per heavy atom. The Bertz CT molecular complexity index is 937. The van der Waals surface area contributed by atoms with Gasteiger partial charge in [-0.3, -0.25) is 4.79 Å². The topological polar surface area (TPSA) is 104 Å². The molecule has 1 amide bonds. The monoisotopic (exact) mass is 386 g/mol. The fourth-order valence-corrected chi connectivity index (χ4v) is 4.83. The van der Waals surface area contributed by atoms with Crippen molar-refractivity contribution in [1.29, 1.82) is 0 Å². The molecule has 0 bridgehead atoms. The number of carbonyl (C=O) groups is 2. The summed E-state index contributed by atoms with van der Waals surface area (Å²) >= 11 is 1.12. The number of rotatable bonds is 5. The van der Waals surface area contributed by atoms with Crippen molar-refractivity contribution in [2.75, 3.05) is 0 Å². The number of aromatic nitrogens is 1. The molecule has 1 saturated heterocycles. The molecule has 2 N–H and O–H groups in total. The number of nitrogens with zero attached hydrogens (tertiary/aromatic N) is 2. The number of amides is 1. The third kappa shape index (κ3) is 2.76. The van der Waals surface area contributed by atoms with E-state index >= 15 is 0 Å². The van der Waals surface area contributed by atoms with Crippen LogP contribution in [0.5, 0.6) is 0 Å². The molecule has 27 heavy (non-hydrogen) atoms. The SMILES string of the molecule is CC(O)C1C(=O)N2C(C(=O)O)=C(Sc3nc(-c4ccccc4)co3)C(C)C12. The van der Waals surface area contributed by atoms with Gasteiger partial charge in [-0.2, -0.15) is 0 Å². The lowest BCUT2D eigenvalue weighted by Crippen LogP contribution is -2.63. The van der Waals surface area contributed by atoms with Crippen LogP contribution < -0.4 is 0 Å². The molecule has 0 aliphatic carbocycles. The van der Waals surface area contributed by atoms with E-state index in [4.69, 9.17) is 4.42 Å². The fourth-order valence-electron chi connectivity index (χ4n) is 3.80. The highest BCUT2D eigenvalue weighted by Crippen LogP contribution is 2.51. The molecule has 1 aromatic heterocycles. The van der Waals surface area contributed by atoms with Crippen molar-refractivity contribution >= 4 is 23.6 Å². The van der Waals surface area contributed by atoms with Crippen molar-refractivity contribution in [3.8, 4) is 11.3 Å². The number of carboxylic acid groups (broad SMARTS) is 1. The summed E-state index contributed by atoms with van der Waals surface area (Å²) in [5.74, 6) is -2.34. The summed E-state index contributed by atoms with van der Waals surface area (Å²) < 4.78 is 5.52. The van der Waals surface area contributed by atoms with Crippen LogP contribution in [0.2, 0.25) is 0 Å². The first-order valence-corrected chi connectivity index (χ1v) is 9.39. The first-order chi connectivity index (χ1) is 12.9. The molecule has 4 atom stereocenters. The second kappa shape index (κ2) is 6.54. The molecule has 0 spiro atoms. The number of β-lactam (4-membered cyclic amide) rings is 1. The van der Waals surface area contributed by atoms with Crippen LogP contribution in [0.25, 0.3) is 11.3 Å². The minimum Gasteiger partial charge on any atom is -0.477 e. The Kier molecular flexibility index (Phi) is 4.32. The van der Waals surface area contributed by atoms with Gasteiger partial charge in [-0.25, -0.2) is 9.78 Å². The maximum atomic E-state index is 12.4. The van der Waals surface area contributed by atoms with Gasteiger partial charge in [0.2, 0.25) is 5.91 Å². The van der Waals surface area contributed by atoms with Crippen molar-refractivity contribution < 1.29 is 24.2 Å². The third-order valence-corrected chi connectivity index (χ3v) is 6.21. The summed E-state index contributed by atoms with van der Waals surface area (Å²) in [5.41, 5.74) is 1.51. The molecule has 1 fully saturated rings.